The summed E-state index contributed by atoms with van der Waals surface area (Å²) in [5.74, 6) is -0.370. The van der Waals surface area contributed by atoms with Crippen molar-refractivity contribution in [2.75, 3.05) is 12.4 Å². The molecular weight excluding hydrogens is 375 g/mol. The van der Waals surface area contributed by atoms with E-state index in [1.54, 1.807) is 42.5 Å². The fourth-order valence-corrected chi connectivity index (χ4v) is 2.99. The van der Waals surface area contributed by atoms with Crippen LogP contribution in [-0.4, -0.2) is 17.8 Å². The van der Waals surface area contributed by atoms with E-state index in [0.29, 0.717) is 16.8 Å². The maximum absolute atomic E-state index is 13.2. The van der Waals surface area contributed by atoms with Crippen LogP contribution in [0.2, 0.25) is 0 Å². The van der Waals surface area contributed by atoms with Gasteiger partial charge < -0.3 is 10.1 Å². The fourth-order valence-electron chi connectivity index (χ4n) is 2.99. The minimum atomic E-state index is -0.558. The maximum Gasteiger partial charge on any atom is 0.311 e. The molecule has 0 amide bonds. The Balaban J connectivity index is 1.95. The first kappa shape index (κ1) is 20.0. The normalized spacial score (nSPS) is 11.5. The second kappa shape index (κ2) is 8.97. The monoisotopic (exact) mass is 394 g/mol. The number of nitrogens with zero attached hydrogens (tertiary/aromatic N) is 1. The number of nitrogens with one attached hydrogen (secondary N) is 1. The van der Waals surface area contributed by atoms with Gasteiger partial charge in [-0.15, -0.1) is 0 Å². The van der Waals surface area contributed by atoms with E-state index >= 15 is 0 Å². The predicted octanol–water partition coefficient (Wildman–Crippen LogP) is 5.17. The van der Waals surface area contributed by atoms with Crippen molar-refractivity contribution in [3.63, 3.8) is 0 Å². The van der Waals surface area contributed by atoms with Crippen molar-refractivity contribution in [1.29, 1.82) is 0 Å². The van der Waals surface area contributed by atoms with Crippen molar-refractivity contribution in [3.05, 3.63) is 99.9 Å². The molecule has 148 valence electrons. The molecule has 0 saturated carbocycles. The highest BCUT2D eigenvalue weighted by molar-refractivity contribution is 5.96. The Morgan fingerprint density at radius 2 is 1.79 bits per heavy atom. The lowest BCUT2D eigenvalue weighted by Crippen LogP contribution is -2.16. The van der Waals surface area contributed by atoms with Crippen LogP contribution in [0.4, 0.5) is 15.8 Å². The summed E-state index contributed by atoms with van der Waals surface area (Å²) in [5, 5.41) is 14.6. The zero-order chi connectivity index (χ0) is 20.8. The van der Waals surface area contributed by atoms with E-state index in [2.05, 4.69) is 5.32 Å². The molecule has 1 N–H and O–H groups in total. The first-order valence-electron chi connectivity index (χ1n) is 8.90. The van der Waals surface area contributed by atoms with E-state index in [1.165, 1.54) is 31.4 Å². The van der Waals surface area contributed by atoms with Crippen molar-refractivity contribution in [2.24, 2.45) is 0 Å². The molecule has 7 heteroatoms. The zero-order valence-electron chi connectivity index (χ0n) is 15.7. The van der Waals surface area contributed by atoms with Gasteiger partial charge in [0.25, 0.3) is 0 Å². The Morgan fingerprint density at radius 3 is 2.41 bits per heavy atom. The molecule has 0 fully saturated rings. The van der Waals surface area contributed by atoms with Crippen molar-refractivity contribution >= 4 is 17.2 Å². The third-order valence-corrected chi connectivity index (χ3v) is 4.47. The zero-order valence-corrected chi connectivity index (χ0v) is 15.7. The number of carbonyl (C=O) groups is 1. The lowest BCUT2D eigenvalue weighted by atomic mass is 9.97. The Labute approximate surface area is 167 Å². The molecule has 3 aromatic carbocycles. The first-order chi connectivity index (χ1) is 14.0. The summed E-state index contributed by atoms with van der Waals surface area (Å²) in [6, 6.07) is 18.5. The third kappa shape index (κ3) is 4.95. The van der Waals surface area contributed by atoms with Crippen LogP contribution in [0.15, 0.2) is 72.8 Å². The Kier molecular flexibility index (Phi) is 6.19. The highest BCUT2D eigenvalue weighted by atomic mass is 19.1. The highest BCUT2D eigenvalue weighted by Gasteiger charge is 2.22. The molecule has 0 bridgehead atoms. The van der Waals surface area contributed by atoms with Gasteiger partial charge in [-0.05, 0) is 35.9 Å². The number of benzene rings is 3. The SMILES string of the molecule is COc1ccc(C(CC(=O)c2ccccc2)Nc2ccc(F)cc2)cc1[N+](=O)[O-]. The van der Waals surface area contributed by atoms with Crippen LogP contribution < -0.4 is 10.1 Å². The van der Waals surface area contributed by atoms with Gasteiger partial charge in [0.1, 0.15) is 5.82 Å². The fraction of sp³-hybridized carbons (Fsp3) is 0.136. The molecule has 0 aliphatic heterocycles. The van der Waals surface area contributed by atoms with E-state index in [-0.39, 0.29) is 29.5 Å². The number of nitro benzene ring substituents is 1. The summed E-state index contributed by atoms with van der Waals surface area (Å²) >= 11 is 0. The van der Waals surface area contributed by atoms with Crippen LogP contribution in [0.25, 0.3) is 0 Å². The van der Waals surface area contributed by atoms with Crippen LogP contribution in [0.3, 0.4) is 0 Å². The number of anilines is 1. The van der Waals surface area contributed by atoms with Gasteiger partial charge in [-0.1, -0.05) is 36.4 Å². The van der Waals surface area contributed by atoms with Crippen molar-refractivity contribution in [3.8, 4) is 5.75 Å². The van der Waals surface area contributed by atoms with Gasteiger partial charge in [0, 0.05) is 23.7 Å². The second-order valence-electron chi connectivity index (χ2n) is 6.39. The number of Topliss-reactive ketones (excluding diaryl/α,β-unsaturated/α-hetero) is 1. The molecule has 0 aliphatic carbocycles. The number of rotatable bonds is 8. The van der Waals surface area contributed by atoms with E-state index in [1.807, 2.05) is 6.07 Å². The number of methoxy groups -OCH3 is 1. The number of hydrogen-bond donors (Lipinski definition) is 1. The molecule has 1 unspecified atom stereocenters. The van der Waals surface area contributed by atoms with Gasteiger partial charge in [0.2, 0.25) is 0 Å². The average molecular weight is 394 g/mol. The van der Waals surface area contributed by atoms with Crippen molar-refractivity contribution < 1.29 is 18.8 Å². The Hall–Kier alpha value is -3.74. The van der Waals surface area contributed by atoms with E-state index in [9.17, 15) is 19.3 Å². The Bertz CT molecular complexity index is 1010. The molecule has 0 aliphatic rings. The Morgan fingerprint density at radius 1 is 1.10 bits per heavy atom. The van der Waals surface area contributed by atoms with Crippen LogP contribution in [0, 0.1) is 15.9 Å². The summed E-state index contributed by atoms with van der Waals surface area (Å²) in [5.41, 5.74) is 1.49. The molecule has 3 aromatic rings. The van der Waals surface area contributed by atoms with Gasteiger partial charge in [0.15, 0.2) is 11.5 Å². The lowest BCUT2D eigenvalue weighted by molar-refractivity contribution is -0.385. The van der Waals surface area contributed by atoms with Crippen LogP contribution in [-0.2, 0) is 0 Å². The topological polar surface area (TPSA) is 81.5 Å². The summed E-state index contributed by atoms with van der Waals surface area (Å²) in [4.78, 5) is 23.6. The van der Waals surface area contributed by atoms with Crippen LogP contribution in [0.5, 0.6) is 5.75 Å². The minimum Gasteiger partial charge on any atom is -0.490 e. The number of carbonyl (C=O) groups excluding carboxylic acids is 1. The van der Waals surface area contributed by atoms with E-state index in [0.717, 1.165) is 0 Å². The molecule has 0 heterocycles. The third-order valence-electron chi connectivity index (χ3n) is 4.47. The summed E-state index contributed by atoms with van der Waals surface area (Å²) < 4.78 is 18.3. The smallest absolute Gasteiger partial charge is 0.311 e. The number of hydrogen-bond acceptors (Lipinski definition) is 5. The molecule has 0 radical (unpaired) electrons. The molecular formula is C22H19FN2O4. The minimum absolute atomic E-state index is 0.0604. The lowest BCUT2D eigenvalue weighted by Gasteiger charge is -2.20. The number of ketones is 1. The largest absolute Gasteiger partial charge is 0.490 e. The molecule has 0 saturated heterocycles. The van der Waals surface area contributed by atoms with Crippen molar-refractivity contribution in [2.45, 2.75) is 12.5 Å². The number of ether oxygens (including phenoxy) is 1. The van der Waals surface area contributed by atoms with Crippen LogP contribution >= 0.6 is 0 Å². The molecule has 0 spiro atoms. The van der Waals surface area contributed by atoms with Crippen molar-refractivity contribution in [1.82, 2.24) is 0 Å². The van der Waals surface area contributed by atoms with E-state index in [4.69, 9.17) is 4.74 Å². The van der Waals surface area contributed by atoms with Gasteiger partial charge in [-0.2, -0.15) is 0 Å². The van der Waals surface area contributed by atoms with Gasteiger partial charge in [-0.3, -0.25) is 14.9 Å². The second-order valence-corrected chi connectivity index (χ2v) is 6.39. The summed E-state index contributed by atoms with van der Waals surface area (Å²) in [6.45, 7) is 0. The molecule has 6 nitrogen and oxygen atoms in total. The quantitative estimate of drug-likeness (QED) is 0.324. The van der Waals surface area contributed by atoms with Gasteiger partial charge in [0.05, 0.1) is 18.1 Å². The van der Waals surface area contributed by atoms with Gasteiger partial charge >= 0.3 is 5.69 Å². The standard InChI is InChI=1S/C22H19FN2O4/c1-29-22-12-7-16(13-20(22)25(27)28)19(24-18-10-8-17(23)9-11-18)14-21(26)15-5-3-2-4-6-15/h2-13,19,24H,14H2,1H3. The first-order valence-corrected chi connectivity index (χ1v) is 8.90. The average Bonchev–Trinajstić information content (AvgIpc) is 2.74. The van der Waals surface area contributed by atoms with E-state index < -0.39 is 11.0 Å². The molecule has 3 rings (SSSR count). The highest BCUT2D eigenvalue weighted by Crippen LogP contribution is 2.33. The molecule has 0 aromatic heterocycles. The summed E-state index contributed by atoms with van der Waals surface area (Å²) in [7, 11) is 1.36. The molecule has 1 atom stereocenters. The van der Waals surface area contributed by atoms with Gasteiger partial charge in [-0.25, -0.2) is 4.39 Å². The number of halogens is 1. The number of nitro groups is 1. The van der Waals surface area contributed by atoms with Crippen LogP contribution in [0.1, 0.15) is 28.4 Å². The summed E-state index contributed by atoms with van der Waals surface area (Å²) in [6.07, 6.45) is 0.0604. The predicted molar refractivity (Wildman–Crippen MR) is 108 cm³/mol. The maximum atomic E-state index is 13.2. The molecule has 29 heavy (non-hydrogen) atoms.